The van der Waals surface area contributed by atoms with Crippen LogP contribution in [0.1, 0.15) is 18.4 Å². The van der Waals surface area contributed by atoms with Crippen LogP contribution in [-0.2, 0) is 11.2 Å². The van der Waals surface area contributed by atoms with E-state index in [4.69, 9.17) is 16.3 Å². The molecule has 0 spiro atoms. The van der Waals surface area contributed by atoms with Crippen molar-refractivity contribution in [3.8, 4) is 5.75 Å². The summed E-state index contributed by atoms with van der Waals surface area (Å²) in [5.74, 6) is 0.515. The maximum absolute atomic E-state index is 11.8. The maximum atomic E-state index is 11.8. The number of nitrogens with one attached hydrogen (secondary N) is 1. The first kappa shape index (κ1) is 17.6. The molecule has 0 radical (unpaired) electrons. The summed E-state index contributed by atoms with van der Waals surface area (Å²) < 4.78 is 5.42. The zero-order valence-corrected chi connectivity index (χ0v) is 15.0. The summed E-state index contributed by atoms with van der Waals surface area (Å²) >= 11 is 5.81. The SMILES string of the molecule is O=C(COc1ccc(Cl)cc1)NCCc1ccc(N2CCCC2)cc1. The highest BCUT2D eigenvalue weighted by molar-refractivity contribution is 6.30. The minimum atomic E-state index is -0.122. The van der Waals surface area contributed by atoms with Gasteiger partial charge in [-0.2, -0.15) is 0 Å². The zero-order chi connectivity index (χ0) is 17.5. The summed E-state index contributed by atoms with van der Waals surface area (Å²) in [4.78, 5) is 14.2. The summed E-state index contributed by atoms with van der Waals surface area (Å²) in [6.07, 6.45) is 3.38. The van der Waals surface area contributed by atoms with E-state index in [1.165, 1.54) is 24.1 Å². The molecule has 5 heteroatoms. The van der Waals surface area contributed by atoms with Gasteiger partial charge in [0.25, 0.3) is 5.91 Å². The van der Waals surface area contributed by atoms with Crippen molar-refractivity contribution in [3.63, 3.8) is 0 Å². The van der Waals surface area contributed by atoms with Crippen LogP contribution in [0.2, 0.25) is 5.02 Å². The van der Waals surface area contributed by atoms with Crippen LogP contribution < -0.4 is 15.0 Å². The lowest BCUT2D eigenvalue weighted by Crippen LogP contribution is -2.30. The Bertz CT molecular complexity index is 680. The van der Waals surface area contributed by atoms with Gasteiger partial charge in [0.15, 0.2) is 6.61 Å². The highest BCUT2D eigenvalue weighted by Crippen LogP contribution is 2.20. The first-order valence-electron chi connectivity index (χ1n) is 8.70. The first-order valence-corrected chi connectivity index (χ1v) is 9.07. The topological polar surface area (TPSA) is 41.6 Å². The molecule has 1 fully saturated rings. The van der Waals surface area contributed by atoms with Gasteiger partial charge in [0.1, 0.15) is 5.75 Å². The van der Waals surface area contributed by atoms with Gasteiger partial charge in [0, 0.05) is 30.3 Å². The van der Waals surface area contributed by atoms with Crippen LogP contribution >= 0.6 is 11.6 Å². The number of benzene rings is 2. The smallest absolute Gasteiger partial charge is 0.257 e. The Hall–Kier alpha value is -2.20. The lowest BCUT2D eigenvalue weighted by atomic mass is 10.1. The molecule has 0 aromatic heterocycles. The fourth-order valence-corrected chi connectivity index (χ4v) is 3.05. The molecule has 1 aliphatic heterocycles. The van der Waals surface area contributed by atoms with Crippen molar-refractivity contribution in [2.75, 3.05) is 31.1 Å². The standard InChI is InChI=1S/C20H23ClN2O2/c21-17-5-9-19(10-6-17)25-15-20(24)22-12-11-16-3-7-18(8-4-16)23-13-1-2-14-23/h3-10H,1-2,11-15H2,(H,22,24). The van der Waals surface area contributed by atoms with Gasteiger partial charge in [-0.05, 0) is 61.2 Å². The van der Waals surface area contributed by atoms with Crippen LogP contribution in [-0.4, -0.2) is 32.1 Å². The quantitative estimate of drug-likeness (QED) is 0.821. The Balaban J connectivity index is 1.37. The molecule has 1 saturated heterocycles. The van der Waals surface area contributed by atoms with Gasteiger partial charge in [-0.25, -0.2) is 0 Å². The molecule has 2 aromatic carbocycles. The number of amides is 1. The summed E-state index contributed by atoms with van der Waals surface area (Å²) in [7, 11) is 0. The molecule has 1 N–H and O–H groups in total. The zero-order valence-electron chi connectivity index (χ0n) is 14.2. The third kappa shape index (κ3) is 5.40. The van der Waals surface area contributed by atoms with Crippen molar-refractivity contribution in [1.82, 2.24) is 5.32 Å². The Morgan fingerprint density at radius 2 is 1.72 bits per heavy atom. The number of hydrogen-bond acceptors (Lipinski definition) is 3. The molecule has 0 aliphatic carbocycles. The van der Waals surface area contributed by atoms with E-state index >= 15 is 0 Å². The number of rotatable bonds is 7. The molecule has 0 bridgehead atoms. The second-order valence-electron chi connectivity index (χ2n) is 6.20. The molecule has 132 valence electrons. The van der Waals surface area contributed by atoms with E-state index in [1.54, 1.807) is 24.3 Å². The molecule has 0 saturated carbocycles. The van der Waals surface area contributed by atoms with Gasteiger partial charge in [-0.3, -0.25) is 4.79 Å². The molecule has 4 nitrogen and oxygen atoms in total. The fourth-order valence-electron chi connectivity index (χ4n) is 2.93. The number of hydrogen-bond donors (Lipinski definition) is 1. The van der Waals surface area contributed by atoms with Crippen molar-refractivity contribution in [2.45, 2.75) is 19.3 Å². The van der Waals surface area contributed by atoms with E-state index in [9.17, 15) is 4.79 Å². The van der Waals surface area contributed by atoms with Gasteiger partial charge in [-0.1, -0.05) is 23.7 Å². The van der Waals surface area contributed by atoms with Crippen LogP contribution in [0.5, 0.6) is 5.75 Å². The van der Waals surface area contributed by atoms with E-state index in [0.717, 1.165) is 19.5 Å². The van der Waals surface area contributed by atoms with Crippen LogP contribution in [0, 0.1) is 0 Å². The molecule has 25 heavy (non-hydrogen) atoms. The molecule has 2 aromatic rings. The molecular formula is C20H23ClN2O2. The predicted molar refractivity (Wildman–Crippen MR) is 102 cm³/mol. The van der Waals surface area contributed by atoms with E-state index in [-0.39, 0.29) is 12.5 Å². The number of anilines is 1. The van der Waals surface area contributed by atoms with E-state index in [2.05, 4.69) is 34.5 Å². The largest absolute Gasteiger partial charge is 0.484 e. The summed E-state index contributed by atoms with van der Waals surface area (Å²) in [5, 5.41) is 3.53. The average Bonchev–Trinajstić information content (AvgIpc) is 3.16. The van der Waals surface area contributed by atoms with Crippen molar-refractivity contribution in [2.24, 2.45) is 0 Å². The van der Waals surface area contributed by atoms with Crippen molar-refractivity contribution in [3.05, 3.63) is 59.1 Å². The Labute approximate surface area is 153 Å². The molecular weight excluding hydrogens is 336 g/mol. The molecule has 3 rings (SSSR count). The number of carbonyl (C=O) groups excluding carboxylic acids is 1. The van der Waals surface area contributed by atoms with Crippen molar-refractivity contribution in [1.29, 1.82) is 0 Å². The Morgan fingerprint density at radius 1 is 1.04 bits per heavy atom. The van der Waals surface area contributed by atoms with Gasteiger partial charge in [0.2, 0.25) is 0 Å². The van der Waals surface area contributed by atoms with Crippen LogP contribution in [0.15, 0.2) is 48.5 Å². The molecule has 1 aliphatic rings. The number of carbonyl (C=O) groups is 1. The third-order valence-corrected chi connectivity index (χ3v) is 4.58. The van der Waals surface area contributed by atoms with Gasteiger partial charge < -0.3 is 15.0 Å². The summed E-state index contributed by atoms with van der Waals surface area (Å²) in [5.41, 5.74) is 2.52. The Morgan fingerprint density at radius 3 is 2.40 bits per heavy atom. The average molecular weight is 359 g/mol. The van der Waals surface area contributed by atoms with Crippen LogP contribution in [0.25, 0.3) is 0 Å². The second kappa shape index (κ2) is 8.77. The summed E-state index contributed by atoms with van der Waals surface area (Å²) in [6.45, 7) is 2.92. The minimum absolute atomic E-state index is 0.00945. The fraction of sp³-hybridized carbons (Fsp3) is 0.350. The normalized spacial score (nSPS) is 13.7. The van der Waals surface area contributed by atoms with Crippen LogP contribution in [0.4, 0.5) is 5.69 Å². The third-order valence-electron chi connectivity index (χ3n) is 4.33. The van der Waals surface area contributed by atoms with Crippen molar-refractivity contribution >= 4 is 23.2 Å². The van der Waals surface area contributed by atoms with Gasteiger partial charge in [0.05, 0.1) is 0 Å². The van der Waals surface area contributed by atoms with Gasteiger partial charge >= 0.3 is 0 Å². The second-order valence-corrected chi connectivity index (χ2v) is 6.64. The molecule has 0 atom stereocenters. The number of halogens is 1. The van der Waals surface area contributed by atoms with Crippen LogP contribution in [0.3, 0.4) is 0 Å². The number of nitrogens with zero attached hydrogens (tertiary/aromatic N) is 1. The van der Waals surface area contributed by atoms with E-state index in [0.29, 0.717) is 17.3 Å². The van der Waals surface area contributed by atoms with Crippen molar-refractivity contribution < 1.29 is 9.53 Å². The molecule has 1 amide bonds. The summed E-state index contributed by atoms with van der Waals surface area (Å²) in [6, 6.07) is 15.6. The van der Waals surface area contributed by atoms with E-state index in [1.807, 2.05) is 0 Å². The van der Waals surface area contributed by atoms with E-state index < -0.39 is 0 Å². The highest BCUT2D eigenvalue weighted by Gasteiger charge is 2.11. The van der Waals surface area contributed by atoms with Gasteiger partial charge in [-0.15, -0.1) is 0 Å². The Kier molecular flexibility index (Phi) is 6.18. The number of ether oxygens (including phenoxy) is 1. The first-order chi connectivity index (χ1) is 12.2. The monoisotopic (exact) mass is 358 g/mol. The highest BCUT2D eigenvalue weighted by atomic mass is 35.5. The predicted octanol–water partition coefficient (Wildman–Crippen LogP) is 3.68. The molecule has 1 heterocycles. The maximum Gasteiger partial charge on any atom is 0.257 e. The minimum Gasteiger partial charge on any atom is -0.484 e. The lowest BCUT2D eigenvalue weighted by molar-refractivity contribution is -0.123. The molecule has 0 unspecified atom stereocenters. The lowest BCUT2D eigenvalue weighted by Gasteiger charge is -2.17.